The summed E-state index contributed by atoms with van der Waals surface area (Å²) < 4.78 is 37.5. The maximum absolute atomic E-state index is 11.4. The topological polar surface area (TPSA) is 93.3 Å². The predicted molar refractivity (Wildman–Crippen MR) is 66.8 cm³/mol. The first-order chi connectivity index (χ1) is 8.47. The Hall–Kier alpha value is -1.51. The second-order valence-corrected chi connectivity index (χ2v) is 5.96. The molecule has 3 rings (SSSR count). The fourth-order valence-corrected chi connectivity index (χ4v) is 2.88. The van der Waals surface area contributed by atoms with E-state index in [1.807, 2.05) is 0 Å². The monoisotopic (exact) mass is 328 g/mol. The van der Waals surface area contributed by atoms with Crippen molar-refractivity contribution < 1.29 is 17.5 Å². The van der Waals surface area contributed by atoms with Crippen molar-refractivity contribution in [3.8, 4) is 0 Å². The lowest BCUT2D eigenvalue weighted by molar-refractivity contribution is 0.423. The average Bonchev–Trinajstić information content (AvgIpc) is 2.74. The summed E-state index contributed by atoms with van der Waals surface area (Å²) in [5.74, 6) is 0. The molecule has 1 N–H and O–H groups in total. The van der Waals surface area contributed by atoms with E-state index in [-0.39, 0.29) is 10.5 Å². The Bertz CT molecular complexity index is 872. The first-order valence-electron chi connectivity index (χ1n) is 4.78. The van der Waals surface area contributed by atoms with Crippen LogP contribution in [0.3, 0.4) is 0 Å². The molecule has 0 saturated heterocycles. The Labute approximate surface area is 109 Å². The fourth-order valence-electron chi connectivity index (χ4n) is 1.82. The first-order valence-corrected chi connectivity index (χ1v) is 7.02. The molecule has 92 valence electrons. The summed E-state index contributed by atoms with van der Waals surface area (Å²) in [6.45, 7) is 0. The van der Waals surface area contributed by atoms with Crippen molar-refractivity contribution in [1.29, 1.82) is 0 Å². The van der Waals surface area contributed by atoms with Gasteiger partial charge in [-0.15, -0.1) is 5.10 Å². The highest BCUT2D eigenvalue weighted by molar-refractivity contribution is 9.10. The van der Waals surface area contributed by atoms with Crippen molar-refractivity contribution in [3.63, 3.8) is 0 Å². The summed E-state index contributed by atoms with van der Waals surface area (Å²) in [4.78, 5) is -0.232. The van der Waals surface area contributed by atoms with Crippen LogP contribution in [0.1, 0.15) is 0 Å². The molecular weight excluding hydrogens is 324 g/mol. The van der Waals surface area contributed by atoms with E-state index in [2.05, 4.69) is 26.3 Å². The number of hydrogen-bond acceptors (Lipinski definition) is 5. The Kier molecular flexibility index (Phi) is 2.40. The number of nitrogens with zero attached hydrogens (tertiary/aromatic N) is 2. The van der Waals surface area contributed by atoms with Gasteiger partial charge >= 0.3 is 0 Å². The molecule has 18 heavy (non-hydrogen) atoms. The smallest absolute Gasteiger partial charge is 0.295 e. The molecule has 8 heteroatoms. The lowest BCUT2D eigenvalue weighted by Gasteiger charge is -2.04. The van der Waals surface area contributed by atoms with E-state index in [0.717, 1.165) is 0 Å². The third-order valence-corrected chi connectivity index (χ3v) is 3.94. The molecule has 0 spiro atoms. The van der Waals surface area contributed by atoms with Gasteiger partial charge in [0.15, 0.2) is 5.58 Å². The SMILES string of the molecule is O=S(=O)(O)c1cc2onnc2c2ccc(Br)cc12. The van der Waals surface area contributed by atoms with E-state index in [1.165, 1.54) is 6.07 Å². The molecule has 0 radical (unpaired) electrons. The summed E-state index contributed by atoms with van der Waals surface area (Å²) in [6.07, 6.45) is 0. The number of halogens is 1. The molecule has 0 saturated carbocycles. The largest absolute Gasteiger partial charge is 0.337 e. The van der Waals surface area contributed by atoms with Crippen molar-refractivity contribution >= 4 is 47.9 Å². The minimum atomic E-state index is -4.35. The molecule has 0 bridgehead atoms. The Morgan fingerprint density at radius 2 is 2.00 bits per heavy atom. The van der Waals surface area contributed by atoms with Crippen molar-refractivity contribution in [2.75, 3.05) is 0 Å². The molecule has 0 aliphatic rings. The minimum Gasteiger partial charge on any atom is -0.337 e. The lowest BCUT2D eigenvalue weighted by Crippen LogP contribution is -1.99. The van der Waals surface area contributed by atoms with E-state index in [4.69, 9.17) is 4.52 Å². The summed E-state index contributed by atoms with van der Waals surface area (Å²) in [5, 5.41) is 8.08. The van der Waals surface area contributed by atoms with Crippen LogP contribution in [0, 0.1) is 0 Å². The van der Waals surface area contributed by atoms with E-state index >= 15 is 0 Å². The van der Waals surface area contributed by atoms with Crippen molar-refractivity contribution in [1.82, 2.24) is 10.4 Å². The van der Waals surface area contributed by atoms with E-state index in [0.29, 0.717) is 20.8 Å². The molecule has 3 aromatic rings. The Balaban J connectivity index is 2.63. The quantitative estimate of drug-likeness (QED) is 0.689. The molecular formula is C10H5BrN2O4S. The Morgan fingerprint density at radius 3 is 2.72 bits per heavy atom. The number of rotatable bonds is 1. The summed E-state index contributed by atoms with van der Waals surface area (Å²) in [5.41, 5.74) is 0.655. The van der Waals surface area contributed by atoms with Crippen LogP contribution in [-0.4, -0.2) is 23.3 Å². The van der Waals surface area contributed by atoms with Gasteiger partial charge in [0.1, 0.15) is 10.4 Å². The molecule has 2 aromatic carbocycles. The summed E-state index contributed by atoms with van der Waals surface area (Å²) in [6, 6.07) is 6.22. The molecule has 0 atom stereocenters. The average molecular weight is 329 g/mol. The number of fused-ring (bicyclic) bond motifs is 3. The summed E-state index contributed by atoms with van der Waals surface area (Å²) in [7, 11) is -4.35. The molecule has 6 nitrogen and oxygen atoms in total. The van der Waals surface area contributed by atoms with Crippen LogP contribution < -0.4 is 0 Å². The maximum Gasteiger partial charge on any atom is 0.295 e. The van der Waals surface area contributed by atoms with Crippen molar-refractivity contribution in [2.24, 2.45) is 0 Å². The van der Waals surface area contributed by atoms with Gasteiger partial charge in [-0.25, -0.2) is 0 Å². The molecule has 1 heterocycles. The highest BCUT2D eigenvalue weighted by Gasteiger charge is 2.19. The second kappa shape index (κ2) is 3.74. The predicted octanol–water partition coefficient (Wildman–Crippen LogP) is 2.39. The fraction of sp³-hybridized carbons (Fsp3) is 0. The van der Waals surface area contributed by atoms with Crippen LogP contribution in [0.5, 0.6) is 0 Å². The van der Waals surface area contributed by atoms with Gasteiger partial charge in [0.25, 0.3) is 10.1 Å². The van der Waals surface area contributed by atoms with Gasteiger partial charge in [-0.1, -0.05) is 22.0 Å². The summed E-state index contributed by atoms with van der Waals surface area (Å²) >= 11 is 3.25. The number of aromatic nitrogens is 2. The van der Waals surface area contributed by atoms with Gasteiger partial charge < -0.3 is 4.52 Å². The van der Waals surface area contributed by atoms with Crippen molar-refractivity contribution in [2.45, 2.75) is 4.90 Å². The van der Waals surface area contributed by atoms with Gasteiger partial charge in [-0.3, -0.25) is 4.55 Å². The normalized spacial score (nSPS) is 12.3. The van der Waals surface area contributed by atoms with Crippen LogP contribution >= 0.6 is 15.9 Å². The minimum absolute atomic E-state index is 0.206. The second-order valence-electron chi connectivity index (χ2n) is 3.66. The lowest BCUT2D eigenvalue weighted by atomic mass is 10.1. The molecule has 1 aromatic heterocycles. The molecule has 0 aliphatic carbocycles. The van der Waals surface area contributed by atoms with Crippen molar-refractivity contribution in [3.05, 3.63) is 28.7 Å². The molecule has 0 aliphatic heterocycles. The molecule has 0 amide bonds. The van der Waals surface area contributed by atoms with Gasteiger partial charge in [0.05, 0.1) is 0 Å². The molecule has 0 unspecified atom stereocenters. The van der Waals surface area contributed by atoms with Crippen LogP contribution in [0.4, 0.5) is 0 Å². The number of benzene rings is 2. The van der Waals surface area contributed by atoms with Crippen LogP contribution in [0.15, 0.2) is 38.2 Å². The molecule has 0 fully saturated rings. The maximum atomic E-state index is 11.4. The Morgan fingerprint density at radius 1 is 1.22 bits per heavy atom. The highest BCUT2D eigenvalue weighted by atomic mass is 79.9. The third kappa shape index (κ3) is 1.69. The van der Waals surface area contributed by atoms with Gasteiger partial charge in [-0.2, -0.15) is 8.42 Å². The van der Waals surface area contributed by atoms with E-state index in [9.17, 15) is 13.0 Å². The standard InChI is InChI=1S/C10H5BrN2O4S/c11-5-1-2-6-7(3-5)9(18(14,15)16)4-8-10(6)12-13-17-8/h1-4H,(H,14,15,16). The van der Waals surface area contributed by atoms with Crippen LogP contribution in [0.2, 0.25) is 0 Å². The van der Waals surface area contributed by atoms with Crippen LogP contribution in [-0.2, 0) is 10.1 Å². The zero-order valence-corrected chi connectivity index (χ0v) is 11.1. The number of hydrogen-bond donors (Lipinski definition) is 1. The van der Waals surface area contributed by atoms with Gasteiger partial charge in [-0.05, 0) is 12.1 Å². The van der Waals surface area contributed by atoms with Gasteiger partial charge in [0, 0.05) is 26.6 Å². The van der Waals surface area contributed by atoms with Crippen LogP contribution in [0.25, 0.3) is 21.9 Å². The van der Waals surface area contributed by atoms with E-state index < -0.39 is 10.1 Å². The zero-order chi connectivity index (χ0) is 12.9. The van der Waals surface area contributed by atoms with Gasteiger partial charge in [0.2, 0.25) is 0 Å². The van der Waals surface area contributed by atoms with E-state index in [1.54, 1.807) is 18.2 Å². The zero-order valence-electron chi connectivity index (χ0n) is 8.66. The third-order valence-electron chi connectivity index (χ3n) is 2.56. The first kappa shape index (κ1) is 11.6. The highest BCUT2D eigenvalue weighted by Crippen LogP contribution is 2.31.